The Labute approximate surface area is 111 Å². The molecule has 0 saturated carbocycles. The Hall–Kier alpha value is -1.14. The Bertz CT molecular complexity index is 377. The van der Waals surface area contributed by atoms with Crippen LogP contribution < -0.4 is 4.90 Å². The predicted molar refractivity (Wildman–Crippen MR) is 72.5 cm³/mol. The number of anilines is 1. The van der Waals surface area contributed by atoms with Crippen LogP contribution in [-0.2, 0) is 0 Å². The van der Waals surface area contributed by atoms with E-state index in [0.29, 0.717) is 5.13 Å². The number of hydrogen-bond acceptors (Lipinski definition) is 5. The van der Waals surface area contributed by atoms with E-state index in [1.54, 1.807) is 5.38 Å². The van der Waals surface area contributed by atoms with Gasteiger partial charge in [0.25, 0.3) is 0 Å². The molecule has 0 radical (unpaired) electrons. The molecule has 5 nitrogen and oxygen atoms in total. The molecule has 1 rings (SSSR count). The maximum Gasteiger partial charge on any atom is 0.355 e. The molecule has 0 aliphatic carbocycles. The summed E-state index contributed by atoms with van der Waals surface area (Å²) in [6, 6.07) is 0.00402. The van der Waals surface area contributed by atoms with E-state index in [9.17, 15) is 9.90 Å². The molecule has 0 aliphatic rings. The summed E-state index contributed by atoms with van der Waals surface area (Å²) in [5, 5.41) is 20.5. The number of unbranched alkanes of at least 4 members (excludes halogenated alkanes) is 1. The largest absolute Gasteiger partial charge is 0.476 e. The molecule has 1 heterocycles. The van der Waals surface area contributed by atoms with Gasteiger partial charge < -0.3 is 15.1 Å². The molecule has 1 aromatic heterocycles. The van der Waals surface area contributed by atoms with Crippen molar-refractivity contribution >= 4 is 22.4 Å². The molecule has 0 spiro atoms. The Balaban J connectivity index is 2.89. The first-order chi connectivity index (χ1) is 8.63. The summed E-state index contributed by atoms with van der Waals surface area (Å²) in [5.41, 5.74) is 0.0734. The third-order valence-corrected chi connectivity index (χ3v) is 3.71. The van der Waals surface area contributed by atoms with Crippen molar-refractivity contribution in [3.63, 3.8) is 0 Å². The average molecular weight is 272 g/mol. The summed E-state index contributed by atoms with van der Waals surface area (Å²) < 4.78 is 0. The van der Waals surface area contributed by atoms with Gasteiger partial charge in [-0.15, -0.1) is 11.3 Å². The molecule has 0 aliphatic heterocycles. The predicted octanol–water partition coefficient (Wildman–Crippen LogP) is 2.22. The maximum atomic E-state index is 10.8. The molecule has 1 atom stereocenters. The second-order valence-corrected chi connectivity index (χ2v) is 4.95. The number of aliphatic hydroxyl groups excluding tert-OH is 1. The van der Waals surface area contributed by atoms with Gasteiger partial charge in [-0.1, -0.05) is 20.3 Å². The first kappa shape index (κ1) is 14.9. The molecule has 2 N–H and O–H groups in total. The summed E-state index contributed by atoms with van der Waals surface area (Å²) >= 11 is 1.32. The maximum absolute atomic E-state index is 10.8. The molecule has 6 heteroatoms. The van der Waals surface area contributed by atoms with Crippen LogP contribution in [0.1, 0.15) is 43.6 Å². The number of aromatic nitrogens is 1. The normalized spacial score (nSPS) is 12.4. The third-order valence-electron chi connectivity index (χ3n) is 2.83. The molecule has 1 aromatic rings. The number of aliphatic hydroxyl groups is 1. The highest BCUT2D eigenvalue weighted by Crippen LogP contribution is 2.24. The number of nitrogens with zero attached hydrogens (tertiary/aromatic N) is 2. The van der Waals surface area contributed by atoms with Gasteiger partial charge in [-0.25, -0.2) is 9.78 Å². The average Bonchev–Trinajstić information content (AvgIpc) is 2.84. The van der Waals surface area contributed by atoms with Crippen molar-refractivity contribution in [1.82, 2.24) is 4.98 Å². The van der Waals surface area contributed by atoms with Gasteiger partial charge in [0.15, 0.2) is 10.8 Å². The van der Waals surface area contributed by atoms with Gasteiger partial charge in [0.05, 0.1) is 12.6 Å². The highest BCUT2D eigenvalue weighted by molar-refractivity contribution is 7.13. The number of thiazole rings is 1. The Kier molecular flexibility index (Phi) is 6.07. The molecule has 0 fully saturated rings. The molecule has 0 amide bonds. The van der Waals surface area contributed by atoms with E-state index in [4.69, 9.17) is 5.11 Å². The zero-order chi connectivity index (χ0) is 13.5. The number of rotatable bonds is 8. The number of carboxylic acid groups (broad SMARTS) is 1. The standard InChI is InChI=1S/C12H20N2O3S/c1-3-5-6-14(9(4-2)7-15)12-13-10(8-18-12)11(16)17/h8-9,15H,3-7H2,1-2H3,(H,16,17). The highest BCUT2D eigenvalue weighted by Gasteiger charge is 2.20. The summed E-state index contributed by atoms with van der Waals surface area (Å²) in [4.78, 5) is 17.0. The number of carboxylic acids is 1. The van der Waals surface area contributed by atoms with Crippen LogP contribution in [0.15, 0.2) is 5.38 Å². The Morgan fingerprint density at radius 1 is 1.56 bits per heavy atom. The second-order valence-electron chi connectivity index (χ2n) is 4.11. The first-order valence-electron chi connectivity index (χ1n) is 6.20. The van der Waals surface area contributed by atoms with Crippen LogP contribution in [-0.4, -0.2) is 40.4 Å². The minimum atomic E-state index is -1.01. The van der Waals surface area contributed by atoms with Gasteiger partial charge in [-0.2, -0.15) is 0 Å². The van der Waals surface area contributed by atoms with E-state index in [1.807, 2.05) is 11.8 Å². The Morgan fingerprint density at radius 2 is 2.28 bits per heavy atom. The van der Waals surface area contributed by atoms with E-state index in [1.165, 1.54) is 11.3 Å². The topological polar surface area (TPSA) is 73.7 Å². The van der Waals surface area contributed by atoms with Crippen LogP contribution in [0.5, 0.6) is 0 Å². The third kappa shape index (κ3) is 3.68. The van der Waals surface area contributed by atoms with Crippen molar-refractivity contribution in [2.45, 2.75) is 39.2 Å². The molecule has 0 saturated heterocycles. The molecular weight excluding hydrogens is 252 g/mol. The number of hydrogen-bond donors (Lipinski definition) is 2. The lowest BCUT2D eigenvalue weighted by Crippen LogP contribution is -2.38. The fraction of sp³-hybridized carbons (Fsp3) is 0.667. The summed E-state index contributed by atoms with van der Waals surface area (Å²) in [7, 11) is 0. The van der Waals surface area contributed by atoms with Crippen LogP contribution in [0.3, 0.4) is 0 Å². The summed E-state index contributed by atoms with van der Waals surface area (Å²) in [6.45, 7) is 4.96. The number of carbonyl (C=O) groups is 1. The minimum Gasteiger partial charge on any atom is -0.476 e. The van der Waals surface area contributed by atoms with Gasteiger partial charge in [-0.3, -0.25) is 0 Å². The van der Waals surface area contributed by atoms with Crippen LogP contribution in [0.25, 0.3) is 0 Å². The fourth-order valence-electron chi connectivity index (χ4n) is 1.71. The smallest absolute Gasteiger partial charge is 0.355 e. The molecule has 1 unspecified atom stereocenters. The number of aromatic carboxylic acids is 1. The quantitative estimate of drug-likeness (QED) is 0.759. The van der Waals surface area contributed by atoms with E-state index in [-0.39, 0.29) is 18.3 Å². The molecule has 0 aromatic carbocycles. The van der Waals surface area contributed by atoms with Crippen molar-refractivity contribution in [2.75, 3.05) is 18.1 Å². The van der Waals surface area contributed by atoms with Gasteiger partial charge in [0.1, 0.15) is 0 Å². The molecular formula is C12H20N2O3S. The van der Waals surface area contributed by atoms with Crippen molar-refractivity contribution < 1.29 is 15.0 Å². The van der Waals surface area contributed by atoms with E-state index < -0.39 is 5.97 Å². The van der Waals surface area contributed by atoms with E-state index in [0.717, 1.165) is 25.8 Å². The second kappa shape index (κ2) is 7.33. The fourth-order valence-corrected chi connectivity index (χ4v) is 2.60. The van der Waals surface area contributed by atoms with Crippen molar-refractivity contribution in [3.05, 3.63) is 11.1 Å². The van der Waals surface area contributed by atoms with Gasteiger partial charge in [-0.05, 0) is 12.8 Å². The molecule has 0 bridgehead atoms. The van der Waals surface area contributed by atoms with E-state index in [2.05, 4.69) is 11.9 Å². The zero-order valence-electron chi connectivity index (χ0n) is 10.8. The SMILES string of the molecule is CCCCN(c1nc(C(=O)O)cs1)C(CC)CO. The zero-order valence-corrected chi connectivity index (χ0v) is 11.6. The first-order valence-corrected chi connectivity index (χ1v) is 7.08. The lowest BCUT2D eigenvalue weighted by molar-refractivity contribution is 0.0691. The molecule has 18 heavy (non-hydrogen) atoms. The lowest BCUT2D eigenvalue weighted by Gasteiger charge is -2.29. The molecule has 102 valence electrons. The lowest BCUT2D eigenvalue weighted by atomic mass is 10.2. The van der Waals surface area contributed by atoms with Crippen LogP contribution in [0, 0.1) is 0 Å². The van der Waals surface area contributed by atoms with Crippen LogP contribution in [0.4, 0.5) is 5.13 Å². The monoisotopic (exact) mass is 272 g/mol. The van der Waals surface area contributed by atoms with Gasteiger partial charge >= 0.3 is 5.97 Å². The van der Waals surface area contributed by atoms with Gasteiger partial charge in [0.2, 0.25) is 0 Å². The van der Waals surface area contributed by atoms with Crippen molar-refractivity contribution in [2.24, 2.45) is 0 Å². The van der Waals surface area contributed by atoms with E-state index >= 15 is 0 Å². The minimum absolute atomic E-state index is 0.00402. The van der Waals surface area contributed by atoms with Crippen LogP contribution >= 0.6 is 11.3 Å². The van der Waals surface area contributed by atoms with Crippen molar-refractivity contribution in [1.29, 1.82) is 0 Å². The van der Waals surface area contributed by atoms with Crippen LogP contribution in [0.2, 0.25) is 0 Å². The highest BCUT2D eigenvalue weighted by atomic mass is 32.1. The summed E-state index contributed by atoms with van der Waals surface area (Å²) in [5.74, 6) is -1.01. The van der Waals surface area contributed by atoms with Gasteiger partial charge in [0, 0.05) is 11.9 Å². The van der Waals surface area contributed by atoms with Crippen molar-refractivity contribution in [3.8, 4) is 0 Å². The summed E-state index contributed by atoms with van der Waals surface area (Å²) in [6.07, 6.45) is 2.86. The Morgan fingerprint density at radius 3 is 2.72 bits per heavy atom.